The number of nitrogens with zero attached hydrogens (tertiary/aromatic N) is 1. The Kier molecular flexibility index (Phi) is 3.60. The van der Waals surface area contributed by atoms with Gasteiger partial charge in [-0.3, -0.25) is 4.79 Å². The molecule has 21 heavy (non-hydrogen) atoms. The summed E-state index contributed by atoms with van der Waals surface area (Å²) in [6, 6.07) is 9.48. The highest BCUT2D eigenvalue weighted by Crippen LogP contribution is 2.34. The van der Waals surface area contributed by atoms with Gasteiger partial charge in [-0.2, -0.15) is 0 Å². The van der Waals surface area contributed by atoms with Crippen LogP contribution in [0, 0.1) is 0 Å². The molecule has 1 aromatic heterocycles. The molecule has 0 aliphatic heterocycles. The Morgan fingerprint density at radius 3 is 2.90 bits per heavy atom. The molecule has 1 atom stereocenters. The summed E-state index contributed by atoms with van der Waals surface area (Å²) in [5.41, 5.74) is 8.35. The van der Waals surface area contributed by atoms with Crippen molar-refractivity contribution >= 4 is 5.91 Å². The third-order valence-electron chi connectivity index (χ3n) is 3.97. The third-order valence-corrected chi connectivity index (χ3v) is 3.97. The molecular formula is C17H18N2O2. The standard InChI is InChI=1S/C17H18N2O2/c1-11-3-2-4-12-9-14(6-7-15(11)12)21-16-8-5-13(10-19-16)17(18)20/h5-11H,2-4H2,1H3,(H2,18,20). The lowest BCUT2D eigenvalue weighted by Gasteiger charge is -2.22. The Hall–Kier alpha value is -2.36. The monoisotopic (exact) mass is 282 g/mol. The Bertz CT molecular complexity index is 665. The number of hydrogen-bond acceptors (Lipinski definition) is 3. The number of ether oxygens (including phenoxy) is 1. The third kappa shape index (κ3) is 2.89. The van der Waals surface area contributed by atoms with E-state index in [0.29, 0.717) is 17.4 Å². The summed E-state index contributed by atoms with van der Waals surface area (Å²) in [6.45, 7) is 2.27. The molecule has 1 aliphatic rings. The van der Waals surface area contributed by atoms with Crippen molar-refractivity contribution in [1.82, 2.24) is 4.98 Å². The average Bonchev–Trinajstić information content (AvgIpc) is 2.48. The van der Waals surface area contributed by atoms with Gasteiger partial charge in [-0.1, -0.05) is 13.0 Å². The highest BCUT2D eigenvalue weighted by atomic mass is 16.5. The molecule has 0 saturated heterocycles. The van der Waals surface area contributed by atoms with Crippen LogP contribution in [0.4, 0.5) is 0 Å². The lowest BCUT2D eigenvalue weighted by molar-refractivity contribution is 0.1000. The SMILES string of the molecule is CC1CCCc2cc(Oc3ccc(C(N)=O)cn3)ccc21. The van der Waals surface area contributed by atoms with Gasteiger partial charge in [0.1, 0.15) is 5.75 Å². The fourth-order valence-corrected chi connectivity index (χ4v) is 2.80. The van der Waals surface area contributed by atoms with Crippen LogP contribution in [-0.4, -0.2) is 10.9 Å². The lowest BCUT2D eigenvalue weighted by Crippen LogP contribution is -2.11. The minimum Gasteiger partial charge on any atom is -0.439 e. The predicted molar refractivity (Wildman–Crippen MR) is 80.6 cm³/mol. The molecule has 1 aliphatic carbocycles. The quantitative estimate of drug-likeness (QED) is 0.938. The first-order chi connectivity index (χ1) is 10.1. The van der Waals surface area contributed by atoms with E-state index in [4.69, 9.17) is 10.5 Å². The minimum atomic E-state index is -0.489. The summed E-state index contributed by atoms with van der Waals surface area (Å²) in [7, 11) is 0. The van der Waals surface area contributed by atoms with Crippen LogP contribution in [0.15, 0.2) is 36.5 Å². The van der Waals surface area contributed by atoms with Crippen LogP contribution in [0.5, 0.6) is 11.6 Å². The molecule has 1 aromatic carbocycles. The van der Waals surface area contributed by atoms with Gasteiger partial charge in [0.15, 0.2) is 0 Å². The summed E-state index contributed by atoms with van der Waals surface area (Å²) in [5.74, 6) is 1.37. The van der Waals surface area contributed by atoms with Gasteiger partial charge in [0, 0.05) is 12.3 Å². The van der Waals surface area contributed by atoms with Crippen molar-refractivity contribution in [2.24, 2.45) is 5.73 Å². The highest BCUT2D eigenvalue weighted by Gasteiger charge is 2.16. The number of primary amides is 1. The van der Waals surface area contributed by atoms with Crippen LogP contribution >= 0.6 is 0 Å². The maximum absolute atomic E-state index is 11.0. The fourth-order valence-electron chi connectivity index (χ4n) is 2.80. The molecule has 4 heteroatoms. The molecule has 108 valence electrons. The van der Waals surface area contributed by atoms with Gasteiger partial charge < -0.3 is 10.5 Å². The first-order valence-electron chi connectivity index (χ1n) is 7.20. The summed E-state index contributed by atoms with van der Waals surface area (Å²) in [5, 5.41) is 0. The van der Waals surface area contributed by atoms with E-state index >= 15 is 0 Å². The van der Waals surface area contributed by atoms with Gasteiger partial charge in [-0.05, 0) is 54.5 Å². The number of aryl methyl sites for hydroxylation is 1. The Balaban J connectivity index is 1.80. The molecule has 1 heterocycles. The molecule has 0 bridgehead atoms. The van der Waals surface area contributed by atoms with E-state index in [1.807, 2.05) is 6.07 Å². The van der Waals surface area contributed by atoms with E-state index in [1.54, 1.807) is 12.1 Å². The van der Waals surface area contributed by atoms with Crippen LogP contribution < -0.4 is 10.5 Å². The molecule has 0 saturated carbocycles. The lowest BCUT2D eigenvalue weighted by atomic mass is 9.84. The molecule has 1 unspecified atom stereocenters. The first kappa shape index (κ1) is 13.6. The number of carbonyl (C=O) groups excluding carboxylic acids is 1. The molecular weight excluding hydrogens is 264 g/mol. The van der Waals surface area contributed by atoms with Crippen LogP contribution in [0.1, 0.15) is 47.2 Å². The van der Waals surface area contributed by atoms with Crippen molar-refractivity contribution in [2.45, 2.75) is 32.1 Å². The first-order valence-corrected chi connectivity index (χ1v) is 7.20. The second kappa shape index (κ2) is 5.56. The van der Waals surface area contributed by atoms with Crippen molar-refractivity contribution in [3.05, 3.63) is 53.2 Å². The van der Waals surface area contributed by atoms with Gasteiger partial charge in [-0.15, -0.1) is 0 Å². The highest BCUT2D eigenvalue weighted by molar-refractivity contribution is 5.92. The van der Waals surface area contributed by atoms with Crippen LogP contribution in [0.2, 0.25) is 0 Å². The van der Waals surface area contributed by atoms with E-state index in [9.17, 15) is 4.79 Å². The molecule has 0 spiro atoms. The van der Waals surface area contributed by atoms with Gasteiger partial charge in [0.25, 0.3) is 0 Å². The second-order valence-electron chi connectivity index (χ2n) is 5.51. The van der Waals surface area contributed by atoms with Crippen molar-refractivity contribution in [2.75, 3.05) is 0 Å². The minimum absolute atomic E-state index is 0.376. The topological polar surface area (TPSA) is 65.2 Å². The zero-order chi connectivity index (χ0) is 14.8. The maximum atomic E-state index is 11.0. The zero-order valence-electron chi connectivity index (χ0n) is 12.0. The number of aromatic nitrogens is 1. The number of rotatable bonds is 3. The van der Waals surface area contributed by atoms with Crippen molar-refractivity contribution in [3.63, 3.8) is 0 Å². The molecule has 2 N–H and O–H groups in total. The van der Waals surface area contributed by atoms with Gasteiger partial charge in [0.2, 0.25) is 11.8 Å². The number of benzene rings is 1. The predicted octanol–water partition coefficient (Wildman–Crippen LogP) is 3.41. The number of fused-ring (bicyclic) bond motifs is 1. The van der Waals surface area contributed by atoms with E-state index in [-0.39, 0.29) is 0 Å². The van der Waals surface area contributed by atoms with Crippen LogP contribution in [0.3, 0.4) is 0 Å². The normalized spacial score (nSPS) is 17.1. The van der Waals surface area contributed by atoms with E-state index in [0.717, 1.165) is 12.2 Å². The summed E-state index contributed by atoms with van der Waals surface area (Å²) in [4.78, 5) is 15.1. The average molecular weight is 282 g/mol. The van der Waals surface area contributed by atoms with Gasteiger partial charge >= 0.3 is 0 Å². The number of nitrogens with two attached hydrogens (primary N) is 1. The van der Waals surface area contributed by atoms with E-state index < -0.39 is 5.91 Å². The Morgan fingerprint density at radius 2 is 2.19 bits per heavy atom. The van der Waals surface area contributed by atoms with Crippen molar-refractivity contribution < 1.29 is 9.53 Å². The van der Waals surface area contributed by atoms with Crippen molar-refractivity contribution in [1.29, 1.82) is 0 Å². The summed E-state index contributed by atoms with van der Waals surface area (Å²) in [6.07, 6.45) is 5.01. The molecule has 0 radical (unpaired) electrons. The second-order valence-corrected chi connectivity index (χ2v) is 5.51. The number of amides is 1. The van der Waals surface area contributed by atoms with Crippen LogP contribution in [-0.2, 0) is 6.42 Å². The Labute approximate surface area is 124 Å². The zero-order valence-corrected chi connectivity index (χ0v) is 12.0. The number of carbonyl (C=O) groups is 1. The smallest absolute Gasteiger partial charge is 0.250 e. The molecule has 1 amide bonds. The number of pyridine rings is 1. The summed E-state index contributed by atoms with van der Waals surface area (Å²) >= 11 is 0. The fraction of sp³-hybridized carbons (Fsp3) is 0.294. The van der Waals surface area contributed by atoms with Gasteiger partial charge in [0.05, 0.1) is 5.56 Å². The number of hydrogen-bond donors (Lipinski definition) is 1. The largest absolute Gasteiger partial charge is 0.439 e. The Morgan fingerprint density at radius 1 is 1.33 bits per heavy atom. The van der Waals surface area contributed by atoms with E-state index in [1.165, 1.54) is 30.2 Å². The van der Waals surface area contributed by atoms with Crippen molar-refractivity contribution in [3.8, 4) is 11.6 Å². The molecule has 0 fully saturated rings. The molecule has 2 aromatic rings. The van der Waals surface area contributed by atoms with Gasteiger partial charge in [-0.25, -0.2) is 4.98 Å². The molecule has 3 rings (SSSR count). The maximum Gasteiger partial charge on any atom is 0.250 e. The van der Waals surface area contributed by atoms with E-state index in [2.05, 4.69) is 24.0 Å². The van der Waals surface area contributed by atoms with Crippen LogP contribution in [0.25, 0.3) is 0 Å². The molecule has 4 nitrogen and oxygen atoms in total. The summed E-state index contributed by atoms with van der Waals surface area (Å²) < 4.78 is 5.75.